The molecule has 4 rings (SSSR count). The Morgan fingerprint density at radius 2 is 1.73 bits per heavy atom. The highest BCUT2D eigenvalue weighted by molar-refractivity contribution is 6.01. The molecule has 0 saturated carbocycles. The van der Waals surface area contributed by atoms with Gasteiger partial charge in [0.05, 0.1) is 12.6 Å². The smallest absolute Gasteiger partial charge is 0.346 e. The molecule has 1 saturated heterocycles. The lowest BCUT2D eigenvalue weighted by Crippen LogP contribution is -2.44. The lowest BCUT2D eigenvalue weighted by molar-refractivity contribution is -0.196. The van der Waals surface area contributed by atoms with Crippen molar-refractivity contribution in [1.82, 2.24) is 19.8 Å². The van der Waals surface area contributed by atoms with Crippen molar-refractivity contribution < 1.29 is 37.9 Å². The van der Waals surface area contributed by atoms with Crippen molar-refractivity contribution in [3.63, 3.8) is 0 Å². The summed E-state index contributed by atoms with van der Waals surface area (Å²) in [6, 6.07) is 14.0. The highest BCUT2D eigenvalue weighted by Gasteiger charge is 2.37. The molecule has 1 atom stereocenters. The van der Waals surface area contributed by atoms with Gasteiger partial charge >= 0.3 is 5.97 Å². The molecule has 10 nitrogen and oxygen atoms in total. The Bertz CT molecular complexity index is 1520. The SMILES string of the molecule is CC(C)(C)[C@H](c1cc(-c2cc(F)ccc2F)cn1Cc1ccccc1)N(CCCNCC(=O)ON1C(=O)CCC1=O)C(=O)CO. The van der Waals surface area contributed by atoms with Crippen LogP contribution in [-0.4, -0.2) is 69.6 Å². The second-order valence-corrected chi connectivity index (χ2v) is 12.0. The van der Waals surface area contributed by atoms with Crippen LogP contribution in [0.1, 0.15) is 57.3 Å². The van der Waals surface area contributed by atoms with Crippen molar-refractivity contribution >= 4 is 23.7 Å². The largest absolute Gasteiger partial charge is 0.387 e. The summed E-state index contributed by atoms with van der Waals surface area (Å²) in [7, 11) is 0. The molecule has 3 aromatic rings. The molecule has 1 aromatic heterocycles. The quantitative estimate of drug-likeness (QED) is 0.218. The molecule has 240 valence electrons. The van der Waals surface area contributed by atoms with E-state index in [0.29, 0.717) is 29.3 Å². The number of carbonyl (C=O) groups excluding carboxylic acids is 4. The molecule has 0 aliphatic carbocycles. The van der Waals surface area contributed by atoms with E-state index in [4.69, 9.17) is 4.84 Å². The van der Waals surface area contributed by atoms with E-state index in [0.717, 1.165) is 23.8 Å². The third kappa shape index (κ3) is 8.40. The van der Waals surface area contributed by atoms with Crippen LogP contribution in [-0.2, 0) is 30.6 Å². The predicted octanol–water partition coefficient (Wildman–Crippen LogP) is 3.98. The van der Waals surface area contributed by atoms with Gasteiger partial charge in [-0.2, -0.15) is 0 Å². The monoisotopic (exact) mass is 624 g/mol. The number of imide groups is 1. The molecule has 2 heterocycles. The average molecular weight is 625 g/mol. The maximum Gasteiger partial charge on any atom is 0.346 e. The first-order valence-electron chi connectivity index (χ1n) is 14.8. The third-order valence-corrected chi connectivity index (χ3v) is 7.45. The van der Waals surface area contributed by atoms with Crippen LogP contribution in [0, 0.1) is 17.0 Å². The van der Waals surface area contributed by atoms with E-state index >= 15 is 0 Å². The molecule has 0 unspecified atom stereocenters. The number of aromatic nitrogens is 1. The van der Waals surface area contributed by atoms with E-state index in [2.05, 4.69) is 5.32 Å². The topological polar surface area (TPSA) is 121 Å². The van der Waals surface area contributed by atoms with E-state index in [1.165, 1.54) is 0 Å². The molecule has 2 aromatic carbocycles. The molecule has 0 spiro atoms. The van der Waals surface area contributed by atoms with Crippen LogP contribution >= 0.6 is 0 Å². The maximum atomic E-state index is 14.9. The van der Waals surface area contributed by atoms with Crippen molar-refractivity contribution in [3.8, 4) is 11.1 Å². The fraction of sp³-hybridized carbons (Fsp3) is 0.394. The minimum atomic E-state index is -0.801. The van der Waals surface area contributed by atoms with Crippen molar-refractivity contribution in [1.29, 1.82) is 0 Å². The standard InChI is InChI=1S/C33H38F2N4O6/c1-33(2,3)32(38(30(43)21-40)15-7-14-36-18-31(44)45-39-28(41)12-13-29(39)42)27-16-23(25-17-24(34)10-11-26(25)35)20-37(27)19-22-8-5-4-6-9-22/h4-6,8-11,16-17,20,32,36,40H,7,12-15,18-19,21H2,1-3H3/t32-/m0/s1. The Morgan fingerprint density at radius 3 is 2.38 bits per heavy atom. The first kappa shape index (κ1) is 33.5. The third-order valence-electron chi connectivity index (χ3n) is 7.45. The van der Waals surface area contributed by atoms with Gasteiger partial charge < -0.3 is 24.7 Å². The summed E-state index contributed by atoms with van der Waals surface area (Å²) in [6.45, 7) is 5.70. The number of carbonyl (C=O) groups is 4. The van der Waals surface area contributed by atoms with Gasteiger partial charge in [0, 0.05) is 48.9 Å². The molecule has 1 aliphatic heterocycles. The van der Waals surface area contributed by atoms with Crippen LogP contribution < -0.4 is 5.32 Å². The number of aliphatic hydroxyl groups excluding tert-OH is 1. The number of amides is 3. The minimum absolute atomic E-state index is 0.00337. The van der Waals surface area contributed by atoms with Crippen molar-refractivity contribution in [2.75, 3.05) is 26.2 Å². The van der Waals surface area contributed by atoms with Crippen molar-refractivity contribution in [3.05, 3.63) is 83.7 Å². The number of benzene rings is 2. The molecule has 0 radical (unpaired) electrons. The van der Waals surface area contributed by atoms with E-state index in [1.807, 2.05) is 55.7 Å². The van der Waals surface area contributed by atoms with Crippen LogP contribution in [0.5, 0.6) is 0 Å². The van der Waals surface area contributed by atoms with E-state index < -0.39 is 53.4 Å². The number of hydroxylamine groups is 2. The molecule has 3 amide bonds. The van der Waals surface area contributed by atoms with Crippen LogP contribution in [0.4, 0.5) is 8.78 Å². The summed E-state index contributed by atoms with van der Waals surface area (Å²) in [6.07, 6.45) is 2.11. The highest BCUT2D eigenvalue weighted by atomic mass is 19.1. The summed E-state index contributed by atoms with van der Waals surface area (Å²) in [5.74, 6) is -3.63. The zero-order chi connectivity index (χ0) is 32.7. The fourth-order valence-electron chi connectivity index (χ4n) is 5.46. The number of rotatable bonds is 13. The number of hydrogen-bond donors (Lipinski definition) is 2. The molecule has 12 heteroatoms. The van der Waals surface area contributed by atoms with Gasteiger partial charge in [-0.1, -0.05) is 51.1 Å². The Morgan fingerprint density at radius 1 is 1.04 bits per heavy atom. The Kier molecular flexibility index (Phi) is 10.8. The van der Waals surface area contributed by atoms with Gasteiger partial charge in [-0.3, -0.25) is 14.4 Å². The van der Waals surface area contributed by atoms with Gasteiger partial charge in [-0.05, 0) is 48.2 Å². The Hall–Kier alpha value is -4.42. The van der Waals surface area contributed by atoms with Gasteiger partial charge in [-0.15, -0.1) is 5.06 Å². The lowest BCUT2D eigenvalue weighted by Gasteiger charge is -2.41. The number of halogens is 2. The van der Waals surface area contributed by atoms with Crippen LogP contribution in [0.2, 0.25) is 0 Å². The van der Waals surface area contributed by atoms with Crippen LogP contribution in [0.15, 0.2) is 60.8 Å². The van der Waals surface area contributed by atoms with Gasteiger partial charge in [-0.25, -0.2) is 13.6 Å². The average Bonchev–Trinajstić information content (AvgIpc) is 3.54. The summed E-state index contributed by atoms with van der Waals surface area (Å²) in [4.78, 5) is 55.2. The molecule has 1 aliphatic rings. The molecule has 45 heavy (non-hydrogen) atoms. The predicted molar refractivity (Wildman–Crippen MR) is 161 cm³/mol. The Balaban J connectivity index is 1.57. The second-order valence-electron chi connectivity index (χ2n) is 12.0. The summed E-state index contributed by atoms with van der Waals surface area (Å²) < 4.78 is 31.0. The van der Waals surface area contributed by atoms with Gasteiger partial charge in [0.1, 0.15) is 18.2 Å². The molecule has 2 N–H and O–H groups in total. The first-order valence-corrected chi connectivity index (χ1v) is 14.8. The zero-order valence-electron chi connectivity index (χ0n) is 25.6. The first-order chi connectivity index (χ1) is 21.4. The maximum absolute atomic E-state index is 14.9. The van der Waals surface area contributed by atoms with Crippen molar-refractivity contribution in [2.45, 2.75) is 52.6 Å². The Labute approximate surface area is 260 Å². The summed E-state index contributed by atoms with van der Waals surface area (Å²) in [5.41, 5.74) is 1.59. The summed E-state index contributed by atoms with van der Waals surface area (Å²) in [5, 5.41) is 13.3. The second kappa shape index (κ2) is 14.6. The number of nitrogens with one attached hydrogen (secondary N) is 1. The van der Waals surface area contributed by atoms with E-state index in [1.54, 1.807) is 17.2 Å². The number of aliphatic hydroxyl groups is 1. The summed E-state index contributed by atoms with van der Waals surface area (Å²) >= 11 is 0. The normalized spacial score (nSPS) is 14.1. The fourth-order valence-corrected chi connectivity index (χ4v) is 5.46. The number of nitrogens with zero attached hydrogens (tertiary/aromatic N) is 3. The molecular weight excluding hydrogens is 586 g/mol. The minimum Gasteiger partial charge on any atom is -0.387 e. The number of hydrogen-bond acceptors (Lipinski definition) is 7. The van der Waals surface area contributed by atoms with Gasteiger partial charge in [0.25, 0.3) is 11.8 Å². The van der Waals surface area contributed by atoms with E-state index in [9.17, 15) is 33.1 Å². The molecule has 0 bridgehead atoms. The molecule has 1 fully saturated rings. The van der Waals surface area contributed by atoms with Gasteiger partial charge in [0.15, 0.2) is 0 Å². The van der Waals surface area contributed by atoms with Crippen molar-refractivity contribution in [2.24, 2.45) is 5.41 Å². The van der Waals surface area contributed by atoms with E-state index in [-0.39, 0.29) is 38.0 Å². The molecular formula is C33H38F2N4O6. The zero-order valence-corrected chi connectivity index (χ0v) is 25.6. The van der Waals surface area contributed by atoms with Gasteiger partial charge in [0.2, 0.25) is 5.91 Å². The van der Waals surface area contributed by atoms with Crippen LogP contribution in [0.3, 0.4) is 0 Å². The van der Waals surface area contributed by atoms with Crippen LogP contribution in [0.25, 0.3) is 11.1 Å². The highest BCUT2D eigenvalue weighted by Crippen LogP contribution is 2.41. The lowest BCUT2D eigenvalue weighted by atomic mass is 9.83.